The Morgan fingerprint density at radius 2 is 2.14 bits per heavy atom. The molecule has 0 bridgehead atoms. The fraction of sp³-hybridized carbons (Fsp3) is 0.467. The first kappa shape index (κ1) is 14.3. The number of carboxylic acid groups (broad SMARTS) is 1. The number of H-pyrrole nitrogens is 1. The highest BCUT2D eigenvalue weighted by Gasteiger charge is 2.34. The van der Waals surface area contributed by atoms with Crippen molar-refractivity contribution in [2.24, 2.45) is 0 Å². The first-order valence-corrected chi connectivity index (χ1v) is 8.29. The lowest BCUT2D eigenvalue weighted by molar-refractivity contribution is 0.0699. The van der Waals surface area contributed by atoms with Crippen LogP contribution in [0.3, 0.4) is 0 Å². The van der Waals surface area contributed by atoms with Crippen LogP contribution in [0.4, 0.5) is 0 Å². The molecule has 0 radical (unpaired) electrons. The van der Waals surface area contributed by atoms with E-state index < -0.39 is 5.97 Å². The Morgan fingerprint density at radius 1 is 1.43 bits per heavy atom. The molecule has 6 heteroatoms. The zero-order valence-electron chi connectivity index (χ0n) is 11.9. The average molecular weight is 306 g/mol. The summed E-state index contributed by atoms with van der Waals surface area (Å²) in [6.07, 6.45) is 6.68. The third-order valence-corrected chi connectivity index (χ3v) is 5.84. The van der Waals surface area contributed by atoms with Crippen molar-refractivity contribution >= 4 is 28.8 Å². The highest BCUT2D eigenvalue weighted by Crippen LogP contribution is 2.41. The van der Waals surface area contributed by atoms with Crippen LogP contribution in [0.5, 0.6) is 0 Å². The van der Waals surface area contributed by atoms with Crippen molar-refractivity contribution in [1.82, 2.24) is 9.55 Å². The number of imidazole rings is 1. The van der Waals surface area contributed by atoms with E-state index in [0.29, 0.717) is 17.6 Å². The molecule has 112 valence electrons. The number of nitrogens with one attached hydrogen (secondary N) is 1. The van der Waals surface area contributed by atoms with E-state index in [0.717, 1.165) is 12.8 Å². The minimum absolute atomic E-state index is 0.0954. The van der Waals surface area contributed by atoms with Gasteiger partial charge in [-0.25, -0.2) is 9.59 Å². The summed E-state index contributed by atoms with van der Waals surface area (Å²) < 4.78 is 1.79. The molecule has 0 aliphatic heterocycles. The number of aromatic amines is 1. The Morgan fingerprint density at radius 3 is 2.76 bits per heavy atom. The quantitative estimate of drug-likeness (QED) is 0.910. The molecule has 3 rings (SSSR count). The number of hydrogen-bond acceptors (Lipinski definition) is 3. The van der Waals surface area contributed by atoms with Crippen molar-refractivity contribution in [2.45, 2.75) is 37.0 Å². The third kappa shape index (κ3) is 2.37. The van der Waals surface area contributed by atoms with Gasteiger partial charge < -0.3 is 10.1 Å². The molecule has 1 aromatic heterocycles. The van der Waals surface area contributed by atoms with Gasteiger partial charge in [0.2, 0.25) is 0 Å². The molecule has 0 spiro atoms. The molecule has 0 amide bonds. The van der Waals surface area contributed by atoms with Gasteiger partial charge in [0.15, 0.2) is 0 Å². The molecule has 1 aliphatic carbocycles. The number of carboxylic acids is 1. The summed E-state index contributed by atoms with van der Waals surface area (Å²) >= 11 is 1.82. The second-order valence-electron chi connectivity index (χ2n) is 5.62. The van der Waals surface area contributed by atoms with Crippen LogP contribution in [0, 0.1) is 0 Å². The summed E-state index contributed by atoms with van der Waals surface area (Å²) in [6, 6.07) is 5.02. The van der Waals surface area contributed by atoms with Gasteiger partial charge in [-0.15, -0.1) is 0 Å². The topological polar surface area (TPSA) is 75.1 Å². The molecule has 1 saturated carbocycles. The van der Waals surface area contributed by atoms with Gasteiger partial charge in [0, 0.05) is 11.3 Å². The van der Waals surface area contributed by atoms with Crippen LogP contribution in [0.25, 0.3) is 11.0 Å². The lowest BCUT2D eigenvalue weighted by atomic mass is 10.1. The molecule has 1 heterocycles. The van der Waals surface area contributed by atoms with E-state index >= 15 is 0 Å². The fourth-order valence-electron chi connectivity index (χ4n) is 3.25. The summed E-state index contributed by atoms with van der Waals surface area (Å²) in [5.74, 6) is -1.02. The molecule has 5 nitrogen and oxygen atoms in total. The van der Waals surface area contributed by atoms with Gasteiger partial charge in [-0.05, 0) is 31.2 Å². The molecule has 0 unspecified atom stereocenters. The van der Waals surface area contributed by atoms with E-state index in [4.69, 9.17) is 0 Å². The Bertz CT molecular complexity index is 741. The number of benzene rings is 1. The largest absolute Gasteiger partial charge is 0.478 e. The van der Waals surface area contributed by atoms with Crippen LogP contribution >= 0.6 is 11.8 Å². The molecule has 1 aromatic carbocycles. The molecule has 0 atom stereocenters. The SMILES string of the molecule is CSC1(Cn2c(=O)[nH]c3c(C(=O)O)cccc32)CCCC1. The number of hydrogen-bond donors (Lipinski definition) is 2. The zero-order valence-corrected chi connectivity index (χ0v) is 12.7. The lowest BCUT2D eigenvalue weighted by Crippen LogP contribution is -2.31. The Kier molecular flexibility index (Phi) is 3.57. The zero-order chi connectivity index (χ0) is 15.0. The Labute approximate surface area is 126 Å². The van der Waals surface area contributed by atoms with Crippen LogP contribution in [0.15, 0.2) is 23.0 Å². The standard InChI is InChI=1S/C15H18N2O3S/c1-21-15(7-2-3-8-15)9-17-11-6-4-5-10(13(18)19)12(11)16-14(17)20/h4-6H,2-3,7-9H2,1H3,(H,16,20)(H,18,19). The first-order chi connectivity index (χ1) is 10.1. The second-order valence-corrected chi connectivity index (χ2v) is 6.89. The molecule has 0 saturated heterocycles. The van der Waals surface area contributed by atoms with Gasteiger partial charge in [0.05, 0.1) is 16.6 Å². The number of rotatable bonds is 4. The van der Waals surface area contributed by atoms with Crippen molar-refractivity contribution in [3.05, 3.63) is 34.2 Å². The van der Waals surface area contributed by atoms with Crippen LogP contribution in [0.1, 0.15) is 36.0 Å². The van der Waals surface area contributed by atoms with Crippen molar-refractivity contribution in [3.63, 3.8) is 0 Å². The second kappa shape index (κ2) is 5.26. The lowest BCUT2D eigenvalue weighted by Gasteiger charge is -2.27. The van der Waals surface area contributed by atoms with E-state index in [1.54, 1.807) is 10.6 Å². The van der Waals surface area contributed by atoms with Gasteiger partial charge in [0.1, 0.15) is 0 Å². The number of aromatic nitrogens is 2. The molecule has 1 fully saturated rings. The number of aromatic carboxylic acids is 1. The minimum atomic E-state index is -1.02. The molecule has 1 aliphatic rings. The number of para-hydroxylation sites is 1. The summed E-state index contributed by atoms with van der Waals surface area (Å²) in [5.41, 5.74) is 1.02. The predicted octanol–water partition coefficient (Wildman–Crippen LogP) is 2.70. The van der Waals surface area contributed by atoms with Crippen LogP contribution < -0.4 is 5.69 Å². The Hall–Kier alpha value is -1.69. The Balaban J connectivity index is 2.11. The van der Waals surface area contributed by atoms with E-state index in [-0.39, 0.29) is 16.0 Å². The van der Waals surface area contributed by atoms with Gasteiger partial charge in [-0.1, -0.05) is 18.9 Å². The van der Waals surface area contributed by atoms with Gasteiger partial charge in [0.25, 0.3) is 0 Å². The maximum absolute atomic E-state index is 12.3. The summed E-state index contributed by atoms with van der Waals surface area (Å²) in [7, 11) is 0. The summed E-state index contributed by atoms with van der Waals surface area (Å²) in [4.78, 5) is 26.2. The highest BCUT2D eigenvalue weighted by atomic mass is 32.2. The van der Waals surface area contributed by atoms with Crippen LogP contribution in [0.2, 0.25) is 0 Å². The number of thioether (sulfide) groups is 1. The highest BCUT2D eigenvalue weighted by molar-refractivity contribution is 8.00. The van der Waals surface area contributed by atoms with Crippen LogP contribution in [-0.2, 0) is 6.54 Å². The fourth-order valence-corrected chi connectivity index (χ4v) is 4.20. The average Bonchev–Trinajstić information content (AvgIpc) is 3.05. The van der Waals surface area contributed by atoms with Gasteiger partial charge >= 0.3 is 11.7 Å². The van der Waals surface area contributed by atoms with E-state index in [9.17, 15) is 14.7 Å². The maximum Gasteiger partial charge on any atom is 0.337 e. The predicted molar refractivity (Wildman–Crippen MR) is 84.2 cm³/mol. The van der Waals surface area contributed by atoms with Gasteiger partial charge in [-0.3, -0.25) is 4.57 Å². The van der Waals surface area contributed by atoms with Crippen molar-refractivity contribution < 1.29 is 9.90 Å². The van der Waals surface area contributed by atoms with Gasteiger partial charge in [-0.2, -0.15) is 11.8 Å². The molecular weight excluding hydrogens is 288 g/mol. The number of fused-ring (bicyclic) bond motifs is 1. The summed E-state index contributed by atoms with van der Waals surface area (Å²) in [5, 5.41) is 9.23. The smallest absolute Gasteiger partial charge is 0.337 e. The van der Waals surface area contributed by atoms with Crippen molar-refractivity contribution in [1.29, 1.82) is 0 Å². The van der Waals surface area contributed by atoms with E-state index in [1.807, 2.05) is 17.8 Å². The molecule has 2 aromatic rings. The van der Waals surface area contributed by atoms with Crippen LogP contribution in [-0.4, -0.2) is 31.6 Å². The monoisotopic (exact) mass is 306 g/mol. The minimum Gasteiger partial charge on any atom is -0.478 e. The maximum atomic E-state index is 12.3. The molecular formula is C15H18N2O3S. The normalized spacial score (nSPS) is 17.4. The van der Waals surface area contributed by atoms with E-state index in [2.05, 4.69) is 11.2 Å². The van der Waals surface area contributed by atoms with Crippen molar-refractivity contribution in [3.8, 4) is 0 Å². The number of nitrogens with zero attached hydrogens (tertiary/aromatic N) is 1. The number of carbonyl (C=O) groups is 1. The van der Waals surface area contributed by atoms with E-state index in [1.165, 1.54) is 18.9 Å². The van der Waals surface area contributed by atoms with Crippen molar-refractivity contribution in [2.75, 3.05) is 6.26 Å². The third-order valence-electron chi connectivity index (χ3n) is 4.43. The molecule has 21 heavy (non-hydrogen) atoms. The molecule has 2 N–H and O–H groups in total. The first-order valence-electron chi connectivity index (χ1n) is 7.06. The summed E-state index contributed by atoms with van der Waals surface area (Å²) in [6.45, 7) is 0.635.